The van der Waals surface area contributed by atoms with Gasteiger partial charge in [-0.1, -0.05) is 0 Å². The molecule has 3 rings (SSSR count). The maximum Gasteiger partial charge on any atom is 0.242 e. The molecule has 1 aliphatic rings. The van der Waals surface area contributed by atoms with Gasteiger partial charge in [0.2, 0.25) is 11.8 Å². The Labute approximate surface area is 144 Å². The zero-order valence-electron chi connectivity index (χ0n) is 13.8. The minimum absolute atomic E-state index is 0.124. The molecule has 2 N–H and O–H groups in total. The Morgan fingerprint density at radius 2 is 2.12 bits per heavy atom. The predicted molar refractivity (Wildman–Crippen MR) is 89.0 cm³/mol. The van der Waals surface area contributed by atoms with E-state index in [9.17, 15) is 14.0 Å². The molecule has 2 amide bonds. The molecule has 0 radical (unpaired) electrons. The van der Waals surface area contributed by atoms with Gasteiger partial charge in [0.05, 0.1) is 6.20 Å². The van der Waals surface area contributed by atoms with Gasteiger partial charge in [0.15, 0.2) is 11.7 Å². The number of halogens is 1. The molecule has 0 unspecified atom stereocenters. The summed E-state index contributed by atoms with van der Waals surface area (Å²) in [5.74, 6) is 0.310. The SMILES string of the molecule is O=C(CCc1ncc(-c2ccc(F)cc2)o1)N[C@@H]1CCCCNC1=O. The minimum atomic E-state index is -0.464. The van der Waals surface area contributed by atoms with Crippen LogP contribution in [0, 0.1) is 5.82 Å². The molecule has 2 aromatic rings. The summed E-state index contributed by atoms with van der Waals surface area (Å²) in [5.41, 5.74) is 0.722. The second kappa shape index (κ2) is 7.92. The molecule has 25 heavy (non-hydrogen) atoms. The summed E-state index contributed by atoms with van der Waals surface area (Å²) in [7, 11) is 0. The van der Waals surface area contributed by atoms with Crippen LogP contribution in [0.4, 0.5) is 4.39 Å². The predicted octanol–water partition coefficient (Wildman–Crippen LogP) is 2.20. The van der Waals surface area contributed by atoms with Crippen LogP contribution in [-0.4, -0.2) is 29.4 Å². The smallest absolute Gasteiger partial charge is 0.242 e. The van der Waals surface area contributed by atoms with Crippen LogP contribution in [0.25, 0.3) is 11.3 Å². The van der Waals surface area contributed by atoms with E-state index in [2.05, 4.69) is 15.6 Å². The van der Waals surface area contributed by atoms with Crippen LogP contribution in [0.2, 0.25) is 0 Å². The molecule has 0 bridgehead atoms. The van der Waals surface area contributed by atoms with E-state index in [1.807, 2.05) is 0 Å². The van der Waals surface area contributed by atoms with Crippen LogP contribution >= 0.6 is 0 Å². The van der Waals surface area contributed by atoms with E-state index in [-0.39, 0.29) is 24.1 Å². The molecule has 0 saturated carbocycles. The summed E-state index contributed by atoms with van der Waals surface area (Å²) in [4.78, 5) is 28.0. The van der Waals surface area contributed by atoms with Crippen molar-refractivity contribution in [3.05, 3.63) is 42.2 Å². The fraction of sp³-hybridized carbons (Fsp3) is 0.389. The molecule has 1 fully saturated rings. The number of hydrogen-bond acceptors (Lipinski definition) is 4. The van der Waals surface area contributed by atoms with Gasteiger partial charge in [-0.3, -0.25) is 9.59 Å². The van der Waals surface area contributed by atoms with Crippen LogP contribution in [0.3, 0.4) is 0 Å². The third-order valence-electron chi connectivity index (χ3n) is 4.12. The van der Waals surface area contributed by atoms with Crippen molar-refractivity contribution in [2.75, 3.05) is 6.54 Å². The normalized spacial score (nSPS) is 17.6. The van der Waals surface area contributed by atoms with Gasteiger partial charge >= 0.3 is 0 Å². The Morgan fingerprint density at radius 3 is 2.92 bits per heavy atom. The Bertz CT molecular complexity index is 742. The molecule has 1 aromatic heterocycles. The molecule has 1 aliphatic heterocycles. The molecule has 1 atom stereocenters. The van der Waals surface area contributed by atoms with E-state index < -0.39 is 6.04 Å². The van der Waals surface area contributed by atoms with Crippen LogP contribution < -0.4 is 10.6 Å². The molecule has 1 aromatic carbocycles. The first-order valence-corrected chi connectivity index (χ1v) is 8.39. The van der Waals surface area contributed by atoms with Crippen molar-refractivity contribution in [3.63, 3.8) is 0 Å². The van der Waals surface area contributed by atoms with E-state index in [1.54, 1.807) is 18.3 Å². The summed E-state index contributed by atoms with van der Waals surface area (Å²) >= 11 is 0. The van der Waals surface area contributed by atoms with Gasteiger partial charge in [0.1, 0.15) is 11.9 Å². The van der Waals surface area contributed by atoms with Gasteiger partial charge in [0.25, 0.3) is 0 Å². The Balaban J connectivity index is 1.52. The number of benzene rings is 1. The van der Waals surface area contributed by atoms with Gasteiger partial charge in [-0.05, 0) is 43.5 Å². The highest BCUT2D eigenvalue weighted by atomic mass is 19.1. The molecule has 2 heterocycles. The molecule has 132 valence electrons. The standard InChI is InChI=1S/C18H20FN3O3/c19-13-6-4-12(5-7-13)15-11-21-17(25-15)9-8-16(23)22-14-3-1-2-10-20-18(14)24/h4-7,11,14H,1-3,8-10H2,(H,20,24)(H,22,23)/t14-/m1/s1. The molecule has 0 aliphatic carbocycles. The zero-order valence-corrected chi connectivity index (χ0v) is 13.8. The number of carbonyl (C=O) groups excluding carboxylic acids is 2. The Hall–Kier alpha value is -2.70. The highest BCUT2D eigenvalue weighted by Gasteiger charge is 2.22. The average Bonchev–Trinajstić information content (AvgIpc) is 2.99. The van der Waals surface area contributed by atoms with Gasteiger partial charge in [-0.25, -0.2) is 9.37 Å². The van der Waals surface area contributed by atoms with Crippen LogP contribution in [0.5, 0.6) is 0 Å². The fourth-order valence-electron chi connectivity index (χ4n) is 2.74. The Morgan fingerprint density at radius 1 is 1.32 bits per heavy atom. The second-order valence-corrected chi connectivity index (χ2v) is 6.03. The average molecular weight is 345 g/mol. The van der Waals surface area contributed by atoms with Crippen molar-refractivity contribution in [3.8, 4) is 11.3 Å². The quantitative estimate of drug-likeness (QED) is 0.870. The fourth-order valence-corrected chi connectivity index (χ4v) is 2.74. The second-order valence-electron chi connectivity index (χ2n) is 6.03. The van der Waals surface area contributed by atoms with Gasteiger partial charge < -0.3 is 15.1 Å². The van der Waals surface area contributed by atoms with Crippen molar-refractivity contribution < 1.29 is 18.4 Å². The van der Waals surface area contributed by atoms with Crippen molar-refractivity contribution in [1.29, 1.82) is 0 Å². The largest absolute Gasteiger partial charge is 0.441 e. The van der Waals surface area contributed by atoms with Gasteiger partial charge in [-0.2, -0.15) is 0 Å². The first-order chi connectivity index (χ1) is 12.1. The topological polar surface area (TPSA) is 84.2 Å². The summed E-state index contributed by atoms with van der Waals surface area (Å²) in [6.07, 6.45) is 4.57. The molecule has 1 saturated heterocycles. The number of aryl methyl sites for hydroxylation is 1. The zero-order chi connectivity index (χ0) is 17.6. The van der Waals surface area contributed by atoms with Crippen LogP contribution in [0.15, 0.2) is 34.9 Å². The van der Waals surface area contributed by atoms with Crippen molar-refractivity contribution in [1.82, 2.24) is 15.6 Å². The lowest BCUT2D eigenvalue weighted by Gasteiger charge is -2.14. The van der Waals surface area contributed by atoms with E-state index >= 15 is 0 Å². The van der Waals surface area contributed by atoms with E-state index in [1.165, 1.54) is 12.1 Å². The lowest BCUT2D eigenvalue weighted by molar-refractivity contribution is -0.128. The van der Waals surface area contributed by atoms with E-state index in [0.29, 0.717) is 31.0 Å². The van der Waals surface area contributed by atoms with Crippen LogP contribution in [-0.2, 0) is 16.0 Å². The number of rotatable bonds is 5. The summed E-state index contributed by atoms with van der Waals surface area (Å²) in [5, 5.41) is 5.55. The molecular formula is C18H20FN3O3. The van der Waals surface area contributed by atoms with E-state index in [4.69, 9.17) is 4.42 Å². The van der Waals surface area contributed by atoms with Crippen LogP contribution in [0.1, 0.15) is 31.6 Å². The first kappa shape index (κ1) is 17.1. The van der Waals surface area contributed by atoms with Gasteiger partial charge in [0, 0.05) is 24.9 Å². The molecule has 6 nitrogen and oxygen atoms in total. The summed E-state index contributed by atoms with van der Waals surface area (Å²) in [6.45, 7) is 0.660. The Kier molecular flexibility index (Phi) is 5.42. The number of amides is 2. The third kappa shape index (κ3) is 4.65. The maximum atomic E-state index is 12.9. The summed E-state index contributed by atoms with van der Waals surface area (Å²) in [6, 6.07) is 5.45. The number of carbonyl (C=O) groups is 2. The van der Waals surface area contributed by atoms with Crippen molar-refractivity contribution in [2.24, 2.45) is 0 Å². The van der Waals surface area contributed by atoms with E-state index in [0.717, 1.165) is 18.4 Å². The highest BCUT2D eigenvalue weighted by molar-refractivity contribution is 5.87. The summed E-state index contributed by atoms with van der Waals surface area (Å²) < 4.78 is 18.5. The lowest BCUT2D eigenvalue weighted by atomic mass is 10.1. The molecular weight excluding hydrogens is 325 g/mol. The lowest BCUT2D eigenvalue weighted by Crippen LogP contribution is -2.45. The van der Waals surface area contributed by atoms with Gasteiger partial charge in [-0.15, -0.1) is 0 Å². The maximum absolute atomic E-state index is 12.9. The number of hydrogen-bond donors (Lipinski definition) is 2. The van der Waals surface area contributed by atoms with Crippen molar-refractivity contribution in [2.45, 2.75) is 38.1 Å². The number of nitrogens with one attached hydrogen (secondary N) is 2. The number of nitrogens with zero attached hydrogens (tertiary/aromatic N) is 1. The molecule has 0 spiro atoms. The first-order valence-electron chi connectivity index (χ1n) is 8.39. The van der Waals surface area contributed by atoms with Crippen molar-refractivity contribution >= 4 is 11.8 Å². The molecule has 7 heteroatoms. The third-order valence-corrected chi connectivity index (χ3v) is 4.12. The number of aromatic nitrogens is 1. The highest BCUT2D eigenvalue weighted by Crippen LogP contribution is 2.21. The number of oxazole rings is 1. The monoisotopic (exact) mass is 345 g/mol. The minimum Gasteiger partial charge on any atom is -0.441 e.